The zero-order chi connectivity index (χ0) is 13.5. The van der Waals surface area contributed by atoms with E-state index in [0.29, 0.717) is 12.3 Å². The summed E-state index contributed by atoms with van der Waals surface area (Å²) in [5, 5.41) is 4.90. The van der Waals surface area contributed by atoms with E-state index in [0.717, 1.165) is 11.3 Å². The average Bonchev–Trinajstić information content (AvgIpc) is 2.91. The quantitative estimate of drug-likeness (QED) is 0.828. The van der Waals surface area contributed by atoms with Crippen LogP contribution in [0.2, 0.25) is 0 Å². The predicted molar refractivity (Wildman–Crippen MR) is 78.2 cm³/mol. The van der Waals surface area contributed by atoms with Crippen molar-refractivity contribution in [3.8, 4) is 0 Å². The number of rotatable bonds is 6. The van der Waals surface area contributed by atoms with E-state index in [-0.39, 0.29) is 11.7 Å². The van der Waals surface area contributed by atoms with Gasteiger partial charge >= 0.3 is 0 Å². The Bertz CT molecular complexity index is 511. The zero-order valence-electron chi connectivity index (χ0n) is 10.3. The van der Waals surface area contributed by atoms with Crippen LogP contribution in [0.1, 0.15) is 4.88 Å². The van der Waals surface area contributed by atoms with Gasteiger partial charge in [-0.05, 0) is 42.1 Å². The van der Waals surface area contributed by atoms with Gasteiger partial charge in [-0.25, -0.2) is 4.39 Å². The van der Waals surface area contributed by atoms with E-state index >= 15 is 0 Å². The van der Waals surface area contributed by atoms with Crippen LogP contribution in [-0.2, 0) is 11.2 Å². The van der Waals surface area contributed by atoms with Crippen molar-refractivity contribution in [3.05, 3.63) is 52.5 Å². The lowest BCUT2D eigenvalue weighted by Crippen LogP contribution is -2.27. The van der Waals surface area contributed by atoms with Gasteiger partial charge in [-0.2, -0.15) is 0 Å². The maximum absolute atomic E-state index is 12.7. The smallest absolute Gasteiger partial charge is 0.230 e. The van der Waals surface area contributed by atoms with E-state index in [1.54, 1.807) is 23.5 Å². The minimum Gasteiger partial charge on any atom is -0.355 e. The van der Waals surface area contributed by atoms with Gasteiger partial charge in [0.15, 0.2) is 0 Å². The van der Waals surface area contributed by atoms with Crippen molar-refractivity contribution in [1.82, 2.24) is 5.32 Å². The van der Waals surface area contributed by atoms with E-state index in [2.05, 4.69) is 11.4 Å². The number of nitrogens with one attached hydrogen (secondary N) is 1. The van der Waals surface area contributed by atoms with E-state index in [9.17, 15) is 9.18 Å². The second kappa shape index (κ2) is 7.31. The van der Waals surface area contributed by atoms with Gasteiger partial charge in [0.05, 0.1) is 5.75 Å². The van der Waals surface area contributed by atoms with Gasteiger partial charge < -0.3 is 5.32 Å². The van der Waals surface area contributed by atoms with Crippen LogP contribution in [0.15, 0.2) is 46.7 Å². The summed E-state index contributed by atoms with van der Waals surface area (Å²) in [6.07, 6.45) is 0.866. The van der Waals surface area contributed by atoms with Crippen molar-refractivity contribution < 1.29 is 9.18 Å². The molecule has 1 amide bonds. The third-order valence-corrected chi connectivity index (χ3v) is 4.41. The van der Waals surface area contributed by atoms with Crippen LogP contribution in [0.4, 0.5) is 4.39 Å². The highest BCUT2D eigenvalue weighted by molar-refractivity contribution is 8.00. The lowest BCUT2D eigenvalue weighted by atomic mass is 10.3. The summed E-state index contributed by atoms with van der Waals surface area (Å²) in [4.78, 5) is 13.8. The Balaban J connectivity index is 1.65. The second-order valence-corrected chi connectivity index (χ2v) is 6.00. The monoisotopic (exact) mass is 295 g/mol. The Labute approximate surface area is 120 Å². The van der Waals surface area contributed by atoms with Gasteiger partial charge in [0.1, 0.15) is 5.82 Å². The molecule has 0 radical (unpaired) electrons. The van der Waals surface area contributed by atoms with Gasteiger partial charge in [-0.1, -0.05) is 6.07 Å². The molecule has 1 aromatic carbocycles. The van der Waals surface area contributed by atoms with Crippen molar-refractivity contribution in [2.24, 2.45) is 0 Å². The molecule has 19 heavy (non-hydrogen) atoms. The molecule has 0 aliphatic rings. The van der Waals surface area contributed by atoms with Gasteiger partial charge in [0, 0.05) is 16.3 Å². The highest BCUT2D eigenvalue weighted by Gasteiger charge is 2.03. The minimum atomic E-state index is -0.259. The standard InChI is InChI=1S/C14H14FNOS2/c15-11-3-5-13(6-4-11)19-10-14(17)16-8-7-12-2-1-9-18-12/h1-6,9H,7-8,10H2,(H,16,17). The number of amides is 1. The minimum absolute atomic E-state index is 0.00545. The Morgan fingerprint density at radius 3 is 2.74 bits per heavy atom. The maximum atomic E-state index is 12.7. The summed E-state index contributed by atoms with van der Waals surface area (Å²) in [7, 11) is 0. The van der Waals surface area contributed by atoms with Gasteiger partial charge in [-0.15, -0.1) is 23.1 Å². The molecule has 0 spiro atoms. The maximum Gasteiger partial charge on any atom is 0.230 e. The SMILES string of the molecule is O=C(CSc1ccc(F)cc1)NCCc1cccs1. The average molecular weight is 295 g/mol. The summed E-state index contributed by atoms with van der Waals surface area (Å²) in [6.45, 7) is 0.656. The summed E-state index contributed by atoms with van der Waals surface area (Å²) < 4.78 is 12.7. The Morgan fingerprint density at radius 1 is 1.26 bits per heavy atom. The number of thiophene rings is 1. The van der Waals surface area contributed by atoms with E-state index < -0.39 is 0 Å². The van der Waals surface area contributed by atoms with Crippen molar-refractivity contribution in [1.29, 1.82) is 0 Å². The first-order valence-electron chi connectivity index (χ1n) is 5.91. The fraction of sp³-hybridized carbons (Fsp3) is 0.214. The van der Waals surface area contributed by atoms with Crippen molar-refractivity contribution >= 4 is 29.0 Å². The molecule has 0 bridgehead atoms. The molecule has 100 valence electrons. The third-order valence-electron chi connectivity index (χ3n) is 2.46. The molecule has 5 heteroatoms. The van der Waals surface area contributed by atoms with Crippen molar-refractivity contribution in [2.75, 3.05) is 12.3 Å². The van der Waals surface area contributed by atoms with Crippen LogP contribution in [0.3, 0.4) is 0 Å². The fourth-order valence-corrected chi connectivity index (χ4v) is 2.95. The number of benzene rings is 1. The molecule has 0 unspecified atom stereocenters. The Hall–Kier alpha value is -1.33. The molecule has 0 fully saturated rings. The van der Waals surface area contributed by atoms with Crippen LogP contribution < -0.4 is 5.32 Å². The second-order valence-electron chi connectivity index (χ2n) is 3.92. The molecule has 0 aliphatic carbocycles. The molecule has 2 aromatic rings. The molecule has 1 N–H and O–H groups in total. The van der Waals surface area contributed by atoms with Crippen LogP contribution in [0.5, 0.6) is 0 Å². The molecular weight excluding hydrogens is 281 g/mol. The van der Waals surface area contributed by atoms with Crippen LogP contribution in [0.25, 0.3) is 0 Å². The highest BCUT2D eigenvalue weighted by Crippen LogP contribution is 2.17. The lowest BCUT2D eigenvalue weighted by Gasteiger charge is -2.04. The molecule has 0 atom stereocenters. The van der Waals surface area contributed by atoms with Gasteiger partial charge in [0.2, 0.25) is 5.91 Å². The molecule has 0 aliphatic heterocycles. The van der Waals surface area contributed by atoms with E-state index in [1.807, 2.05) is 11.4 Å². The number of hydrogen-bond donors (Lipinski definition) is 1. The molecule has 0 saturated carbocycles. The number of carbonyl (C=O) groups is 1. The summed E-state index contributed by atoms with van der Waals surface area (Å²) in [6, 6.07) is 10.2. The van der Waals surface area contributed by atoms with E-state index in [4.69, 9.17) is 0 Å². The number of hydrogen-bond acceptors (Lipinski definition) is 3. The van der Waals surface area contributed by atoms with Crippen molar-refractivity contribution in [3.63, 3.8) is 0 Å². The first-order chi connectivity index (χ1) is 9.24. The molecule has 1 heterocycles. The number of halogens is 1. The summed E-state index contributed by atoms with van der Waals surface area (Å²) in [5.41, 5.74) is 0. The zero-order valence-corrected chi connectivity index (χ0v) is 11.9. The van der Waals surface area contributed by atoms with Gasteiger partial charge in [0.25, 0.3) is 0 Å². The van der Waals surface area contributed by atoms with Crippen molar-refractivity contribution in [2.45, 2.75) is 11.3 Å². The normalized spacial score (nSPS) is 10.4. The highest BCUT2D eigenvalue weighted by atomic mass is 32.2. The largest absolute Gasteiger partial charge is 0.355 e. The first-order valence-corrected chi connectivity index (χ1v) is 7.78. The van der Waals surface area contributed by atoms with E-state index in [1.165, 1.54) is 28.8 Å². The Kier molecular flexibility index (Phi) is 5.42. The fourth-order valence-electron chi connectivity index (χ4n) is 1.51. The molecule has 2 nitrogen and oxygen atoms in total. The predicted octanol–water partition coefficient (Wildman–Crippen LogP) is 3.34. The molecular formula is C14H14FNOS2. The summed E-state index contributed by atoms with van der Waals surface area (Å²) in [5.74, 6) is 0.103. The first kappa shape index (κ1) is 14.1. The topological polar surface area (TPSA) is 29.1 Å². The van der Waals surface area contributed by atoms with Crippen LogP contribution in [-0.4, -0.2) is 18.2 Å². The third kappa shape index (κ3) is 5.04. The summed E-state index contributed by atoms with van der Waals surface area (Å²) >= 11 is 3.10. The number of thioether (sulfide) groups is 1. The van der Waals surface area contributed by atoms with Gasteiger partial charge in [-0.3, -0.25) is 4.79 Å². The van der Waals surface area contributed by atoms with Crippen LogP contribution in [0, 0.1) is 5.82 Å². The molecule has 0 saturated heterocycles. The number of carbonyl (C=O) groups excluding carboxylic acids is 1. The Morgan fingerprint density at radius 2 is 2.05 bits per heavy atom. The molecule has 2 rings (SSSR count). The lowest BCUT2D eigenvalue weighted by molar-refractivity contribution is -0.118. The molecule has 1 aromatic heterocycles. The van der Waals surface area contributed by atoms with Crippen LogP contribution >= 0.6 is 23.1 Å².